The lowest BCUT2D eigenvalue weighted by Gasteiger charge is -2.22. The number of rotatable bonds is 3. The minimum Gasteiger partial charge on any atom is -0.366 e. The number of hydrogen-bond acceptors (Lipinski definition) is 3. The second-order valence-corrected chi connectivity index (χ2v) is 3.92. The number of nitrogens with one attached hydrogen (secondary N) is 2. The third-order valence-electron chi connectivity index (χ3n) is 1.67. The molecule has 0 unspecified atom stereocenters. The van der Waals surface area contributed by atoms with Crippen molar-refractivity contribution in [3.63, 3.8) is 0 Å². The first-order valence-corrected chi connectivity index (χ1v) is 4.93. The number of amides is 1. The van der Waals surface area contributed by atoms with Gasteiger partial charge in [0, 0.05) is 24.1 Å². The third-order valence-corrected chi connectivity index (χ3v) is 1.95. The lowest BCUT2D eigenvalue weighted by atomic mass is 10.3. The minimum atomic E-state index is -0.361. The quantitative estimate of drug-likeness (QED) is 0.740. The molecule has 1 saturated heterocycles. The molecule has 2 N–H and O–H groups in total. The number of morpholine rings is 1. The predicted octanol–water partition coefficient (Wildman–Crippen LogP) is -0.000400. The maximum Gasteiger partial charge on any atom is 0.250 e. The van der Waals surface area contributed by atoms with E-state index in [0.717, 1.165) is 11.0 Å². The Morgan fingerprint density at radius 2 is 2.54 bits per heavy atom. The highest BCUT2D eigenvalue weighted by Crippen LogP contribution is 1.99. The zero-order chi connectivity index (χ0) is 9.68. The van der Waals surface area contributed by atoms with Gasteiger partial charge in [0.25, 0.3) is 5.91 Å². The summed E-state index contributed by atoms with van der Waals surface area (Å²) in [5, 5.41) is 5.78. The molecule has 13 heavy (non-hydrogen) atoms. The fraction of sp³-hybridized carbons (Fsp3) is 0.625. The van der Waals surface area contributed by atoms with Crippen molar-refractivity contribution in [2.45, 2.75) is 6.10 Å². The SMILES string of the molecule is C=C(Br)CNC(=O)[C@@H]1CNCCO1. The molecule has 0 bridgehead atoms. The molecule has 1 aliphatic rings. The van der Waals surface area contributed by atoms with E-state index in [9.17, 15) is 4.79 Å². The first-order valence-electron chi connectivity index (χ1n) is 4.13. The number of carbonyl (C=O) groups is 1. The maximum absolute atomic E-state index is 11.4. The monoisotopic (exact) mass is 248 g/mol. The second-order valence-electron chi connectivity index (χ2n) is 2.80. The zero-order valence-electron chi connectivity index (χ0n) is 7.31. The van der Waals surface area contributed by atoms with Crippen LogP contribution in [0.2, 0.25) is 0 Å². The number of hydrogen-bond donors (Lipinski definition) is 2. The molecule has 1 heterocycles. The Morgan fingerprint density at radius 3 is 3.08 bits per heavy atom. The van der Waals surface area contributed by atoms with E-state index in [-0.39, 0.29) is 12.0 Å². The van der Waals surface area contributed by atoms with E-state index in [1.165, 1.54) is 0 Å². The van der Waals surface area contributed by atoms with Crippen molar-refractivity contribution in [1.29, 1.82) is 0 Å². The van der Waals surface area contributed by atoms with Crippen molar-refractivity contribution in [3.05, 3.63) is 11.1 Å². The van der Waals surface area contributed by atoms with Crippen LogP contribution in [0.1, 0.15) is 0 Å². The van der Waals surface area contributed by atoms with Crippen LogP contribution in [0.15, 0.2) is 11.1 Å². The van der Waals surface area contributed by atoms with Gasteiger partial charge in [0.15, 0.2) is 0 Å². The van der Waals surface area contributed by atoms with E-state index < -0.39 is 0 Å². The van der Waals surface area contributed by atoms with Crippen LogP contribution in [0.3, 0.4) is 0 Å². The first kappa shape index (κ1) is 10.7. The molecule has 0 aromatic heterocycles. The minimum absolute atomic E-state index is 0.0900. The fourth-order valence-electron chi connectivity index (χ4n) is 1.03. The summed E-state index contributed by atoms with van der Waals surface area (Å²) >= 11 is 3.16. The Kier molecular flexibility index (Phi) is 4.41. The van der Waals surface area contributed by atoms with Crippen molar-refractivity contribution in [2.24, 2.45) is 0 Å². The number of ether oxygens (including phenoxy) is 1. The summed E-state index contributed by atoms with van der Waals surface area (Å²) in [4.78, 5) is 11.4. The Morgan fingerprint density at radius 1 is 1.77 bits per heavy atom. The molecule has 0 radical (unpaired) electrons. The van der Waals surface area contributed by atoms with Crippen LogP contribution in [-0.2, 0) is 9.53 Å². The standard InChI is InChI=1S/C8H13BrN2O2/c1-6(9)4-11-8(12)7-5-10-2-3-13-7/h7,10H,1-5H2,(H,11,12)/t7-/m0/s1. The third kappa shape index (κ3) is 3.89. The van der Waals surface area contributed by atoms with Crippen LogP contribution < -0.4 is 10.6 Å². The van der Waals surface area contributed by atoms with Crippen LogP contribution in [0, 0.1) is 0 Å². The molecule has 4 nitrogen and oxygen atoms in total. The Hall–Kier alpha value is -0.390. The van der Waals surface area contributed by atoms with E-state index in [1.807, 2.05) is 0 Å². The smallest absolute Gasteiger partial charge is 0.250 e. The molecule has 1 aliphatic heterocycles. The summed E-state index contributed by atoms with van der Waals surface area (Å²) in [6, 6.07) is 0. The molecule has 74 valence electrons. The molecule has 5 heteroatoms. The van der Waals surface area contributed by atoms with E-state index in [1.54, 1.807) is 0 Å². The van der Waals surface area contributed by atoms with Crippen LogP contribution >= 0.6 is 15.9 Å². The predicted molar refractivity (Wildman–Crippen MR) is 53.7 cm³/mol. The average molecular weight is 249 g/mol. The molecule has 0 spiro atoms. The molecule has 1 rings (SSSR count). The highest BCUT2D eigenvalue weighted by atomic mass is 79.9. The topological polar surface area (TPSA) is 50.4 Å². The lowest BCUT2D eigenvalue weighted by Crippen LogP contribution is -2.48. The van der Waals surface area contributed by atoms with Crippen LogP contribution in [0.25, 0.3) is 0 Å². The fourth-order valence-corrected chi connectivity index (χ4v) is 1.17. The Balaban J connectivity index is 2.25. The van der Waals surface area contributed by atoms with E-state index in [2.05, 4.69) is 33.1 Å². The summed E-state index contributed by atoms with van der Waals surface area (Å²) in [5.74, 6) is -0.0900. The highest BCUT2D eigenvalue weighted by molar-refractivity contribution is 9.11. The van der Waals surface area contributed by atoms with Gasteiger partial charge in [0.1, 0.15) is 6.10 Å². The van der Waals surface area contributed by atoms with Gasteiger partial charge in [-0.2, -0.15) is 0 Å². The summed E-state index contributed by atoms with van der Waals surface area (Å²) in [5.41, 5.74) is 0. The van der Waals surface area contributed by atoms with Gasteiger partial charge in [-0.1, -0.05) is 22.5 Å². The molecule has 1 amide bonds. The Labute approximate surface area is 85.8 Å². The van der Waals surface area contributed by atoms with Gasteiger partial charge in [-0.15, -0.1) is 0 Å². The zero-order valence-corrected chi connectivity index (χ0v) is 8.89. The number of carbonyl (C=O) groups excluding carboxylic acids is 1. The van der Waals surface area contributed by atoms with E-state index >= 15 is 0 Å². The summed E-state index contributed by atoms with van der Waals surface area (Å²) in [6.07, 6.45) is -0.361. The van der Waals surface area contributed by atoms with Crippen molar-refractivity contribution >= 4 is 21.8 Å². The van der Waals surface area contributed by atoms with Crippen molar-refractivity contribution in [1.82, 2.24) is 10.6 Å². The van der Waals surface area contributed by atoms with Crippen molar-refractivity contribution < 1.29 is 9.53 Å². The summed E-state index contributed by atoms with van der Waals surface area (Å²) < 4.78 is 6.01. The van der Waals surface area contributed by atoms with E-state index in [4.69, 9.17) is 4.74 Å². The van der Waals surface area contributed by atoms with Gasteiger partial charge in [-0.05, 0) is 0 Å². The van der Waals surface area contributed by atoms with Crippen LogP contribution in [0.4, 0.5) is 0 Å². The molecule has 0 aliphatic carbocycles. The molecular formula is C8H13BrN2O2. The summed E-state index contributed by atoms with van der Waals surface area (Å²) in [6.45, 7) is 6.05. The second kappa shape index (κ2) is 5.36. The number of halogens is 1. The van der Waals surface area contributed by atoms with E-state index in [0.29, 0.717) is 19.7 Å². The van der Waals surface area contributed by atoms with Crippen LogP contribution in [-0.4, -0.2) is 38.3 Å². The first-order chi connectivity index (χ1) is 6.20. The van der Waals surface area contributed by atoms with Crippen molar-refractivity contribution in [3.8, 4) is 0 Å². The molecular weight excluding hydrogens is 236 g/mol. The van der Waals surface area contributed by atoms with Gasteiger partial charge in [-0.3, -0.25) is 4.79 Å². The molecule has 0 aromatic carbocycles. The molecule has 0 saturated carbocycles. The van der Waals surface area contributed by atoms with Gasteiger partial charge in [0.2, 0.25) is 0 Å². The Bertz CT molecular complexity index is 202. The normalized spacial score (nSPS) is 22.4. The lowest BCUT2D eigenvalue weighted by molar-refractivity contribution is -0.133. The average Bonchev–Trinajstić information content (AvgIpc) is 2.15. The molecule has 1 fully saturated rings. The molecule has 1 atom stereocenters. The highest BCUT2D eigenvalue weighted by Gasteiger charge is 2.20. The largest absolute Gasteiger partial charge is 0.366 e. The van der Waals surface area contributed by atoms with Gasteiger partial charge >= 0.3 is 0 Å². The molecule has 0 aromatic rings. The van der Waals surface area contributed by atoms with Gasteiger partial charge in [0.05, 0.1) is 6.61 Å². The van der Waals surface area contributed by atoms with Gasteiger partial charge < -0.3 is 15.4 Å². The van der Waals surface area contributed by atoms with Gasteiger partial charge in [-0.25, -0.2) is 0 Å². The van der Waals surface area contributed by atoms with Crippen LogP contribution in [0.5, 0.6) is 0 Å². The summed E-state index contributed by atoms with van der Waals surface area (Å²) in [7, 11) is 0. The maximum atomic E-state index is 11.4. The van der Waals surface area contributed by atoms with Crippen molar-refractivity contribution in [2.75, 3.05) is 26.2 Å².